The third-order valence-corrected chi connectivity index (χ3v) is 5.20. The quantitative estimate of drug-likeness (QED) is 0.634. The van der Waals surface area contributed by atoms with Gasteiger partial charge in [0.25, 0.3) is 0 Å². The van der Waals surface area contributed by atoms with E-state index in [-0.39, 0.29) is 17.6 Å². The minimum atomic E-state index is -0.270. The predicted molar refractivity (Wildman–Crippen MR) is 103 cm³/mol. The van der Waals surface area contributed by atoms with E-state index in [1.54, 1.807) is 12.1 Å². The van der Waals surface area contributed by atoms with Gasteiger partial charge >= 0.3 is 0 Å². The number of nitrogens with zero attached hydrogens (tertiary/aromatic N) is 2. The van der Waals surface area contributed by atoms with Crippen LogP contribution in [0.25, 0.3) is 21.7 Å². The predicted octanol–water partition coefficient (Wildman–Crippen LogP) is 5.39. The summed E-state index contributed by atoms with van der Waals surface area (Å²) in [6, 6.07) is 14.1. The fourth-order valence-electron chi connectivity index (χ4n) is 2.80. The first kappa shape index (κ1) is 18.2. The molecule has 0 fully saturated rings. The molecule has 0 saturated carbocycles. The summed E-state index contributed by atoms with van der Waals surface area (Å²) in [6.07, 6.45) is 1.59. The summed E-state index contributed by atoms with van der Waals surface area (Å²) in [6.45, 7) is 4.00. The molecule has 0 bridgehead atoms. The van der Waals surface area contributed by atoms with E-state index in [2.05, 4.69) is 15.5 Å². The zero-order valence-electron chi connectivity index (χ0n) is 14.7. The van der Waals surface area contributed by atoms with Gasteiger partial charge in [0.05, 0.1) is 0 Å². The largest absolute Gasteiger partial charge is 0.300 e. The summed E-state index contributed by atoms with van der Waals surface area (Å²) in [5, 5.41) is 12.4. The van der Waals surface area contributed by atoms with E-state index >= 15 is 0 Å². The first-order chi connectivity index (χ1) is 12.6. The first-order valence-electron chi connectivity index (χ1n) is 8.62. The van der Waals surface area contributed by atoms with Crippen LogP contribution in [0.2, 0.25) is 0 Å². The van der Waals surface area contributed by atoms with Crippen LogP contribution in [0.4, 0.5) is 9.52 Å². The van der Waals surface area contributed by atoms with Crippen LogP contribution in [0.15, 0.2) is 48.5 Å². The molecule has 1 heterocycles. The van der Waals surface area contributed by atoms with Gasteiger partial charge in [0.2, 0.25) is 11.0 Å². The van der Waals surface area contributed by atoms with Gasteiger partial charge < -0.3 is 5.32 Å². The summed E-state index contributed by atoms with van der Waals surface area (Å²) >= 11 is 1.34. The molecular weight excluding hydrogens is 349 g/mol. The lowest BCUT2D eigenvalue weighted by molar-refractivity contribution is -0.120. The smallest absolute Gasteiger partial charge is 0.229 e. The van der Waals surface area contributed by atoms with Crippen LogP contribution in [-0.2, 0) is 4.79 Å². The fourth-order valence-corrected chi connectivity index (χ4v) is 3.59. The van der Waals surface area contributed by atoms with E-state index in [0.717, 1.165) is 29.5 Å². The number of halogens is 1. The van der Waals surface area contributed by atoms with Crippen LogP contribution in [0.1, 0.15) is 26.7 Å². The van der Waals surface area contributed by atoms with Crippen LogP contribution >= 0.6 is 11.3 Å². The molecule has 0 aliphatic carbocycles. The average molecular weight is 369 g/mol. The first-order valence-corrected chi connectivity index (χ1v) is 9.43. The summed E-state index contributed by atoms with van der Waals surface area (Å²) in [4.78, 5) is 12.2. The summed E-state index contributed by atoms with van der Waals surface area (Å²) < 4.78 is 13.2. The van der Waals surface area contributed by atoms with E-state index in [1.807, 2.05) is 38.1 Å². The van der Waals surface area contributed by atoms with Gasteiger partial charge in [-0.25, -0.2) is 4.39 Å². The molecule has 0 atom stereocenters. The van der Waals surface area contributed by atoms with Crippen molar-refractivity contribution >= 4 is 22.4 Å². The molecule has 1 amide bonds. The Balaban J connectivity index is 1.88. The molecule has 1 N–H and O–H groups in total. The van der Waals surface area contributed by atoms with Crippen molar-refractivity contribution in [3.63, 3.8) is 0 Å². The fraction of sp³-hybridized carbons (Fsp3) is 0.250. The minimum Gasteiger partial charge on any atom is -0.300 e. The van der Waals surface area contributed by atoms with Gasteiger partial charge in [0.1, 0.15) is 10.8 Å². The van der Waals surface area contributed by atoms with Crippen LogP contribution in [0.3, 0.4) is 0 Å². The Labute approximate surface area is 156 Å². The highest BCUT2D eigenvalue weighted by molar-refractivity contribution is 7.18. The van der Waals surface area contributed by atoms with Crippen molar-refractivity contribution in [3.8, 4) is 21.7 Å². The Morgan fingerprint density at radius 1 is 1.04 bits per heavy atom. The SMILES string of the molecule is CCC(CC)C(=O)Nc1nnc(-c2ccccc2-c2ccc(F)cc2)s1. The Kier molecular flexibility index (Phi) is 5.73. The van der Waals surface area contributed by atoms with Crippen LogP contribution in [0, 0.1) is 11.7 Å². The highest BCUT2D eigenvalue weighted by Gasteiger charge is 2.17. The zero-order chi connectivity index (χ0) is 18.5. The van der Waals surface area contributed by atoms with Crippen LogP contribution in [0.5, 0.6) is 0 Å². The Morgan fingerprint density at radius 2 is 1.69 bits per heavy atom. The Morgan fingerprint density at radius 3 is 2.35 bits per heavy atom. The average Bonchev–Trinajstić information content (AvgIpc) is 3.12. The molecule has 26 heavy (non-hydrogen) atoms. The third kappa shape index (κ3) is 3.96. The number of benzene rings is 2. The molecule has 0 aliphatic rings. The number of hydrogen-bond donors (Lipinski definition) is 1. The molecule has 2 aromatic carbocycles. The van der Waals surface area contributed by atoms with Gasteiger partial charge in [-0.2, -0.15) is 0 Å². The molecule has 0 saturated heterocycles. The van der Waals surface area contributed by atoms with E-state index in [0.29, 0.717) is 10.1 Å². The maximum absolute atomic E-state index is 13.2. The summed E-state index contributed by atoms with van der Waals surface area (Å²) in [7, 11) is 0. The number of nitrogens with one attached hydrogen (secondary N) is 1. The summed E-state index contributed by atoms with van der Waals surface area (Å²) in [5.41, 5.74) is 2.75. The number of carbonyl (C=O) groups excluding carboxylic acids is 1. The molecule has 0 aliphatic heterocycles. The number of hydrogen-bond acceptors (Lipinski definition) is 4. The summed E-state index contributed by atoms with van der Waals surface area (Å²) in [5.74, 6) is -0.313. The maximum atomic E-state index is 13.2. The molecule has 3 aromatic rings. The van der Waals surface area contributed by atoms with Crippen LogP contribution in [-0.4, -0.2) is 16.1 Å². The number of aromatic nitrogens is 2. The van der Waals surface area contributed by atoms with Gasteiger partial charge in [-0.3, -0.25) is 4.79 Å². The molecule has 0 spiro atoms. The number of amides is 1. The molecular formula is C20H20FN3OS. The second kappa shape index (κ2) is 8.19. The highest BCUT2D eigenvalue weighted by Crippen LogP contribution is 2.35. The van der Waals surface area contributed by atoms with Crippen molar-refractivity contribution in [2.24, 2.45) is 5.92 Å². The van der Waals surface area contributed by atoms with E-state index in [9.17, 15) is 9.18 Å². The zero-order valence-corrected chi connectivity index (χ0v) is 15.5. The van der Waals surface area contributed by atoms with E-state index in [1.165, 1.54) is 23.5 Å². The van der Waals surface area contributed by atoms with Crippen molar-refractivity contribution < 1.29 is 9.18 Å². The lowest BCUT2D eigenvalue weighted by Crippen LogP contribution is -2.21. The molecule has 6 heteroatoms. The van der Waals surface area contributed by atoms with E-state index < -0.39 is 0 Å². The highest BCUT2D eigenvalue weighted by atomic mass is 32.1. The maximum Gasteiger partial charge on any atom is 0.229 e. The third-order valence-electron chi connectivity index (χ3n) is 4.32. The standard InChI is InChI=1S/C20H20FN3OS/c1-3-13(4-2)18(25)22-20-24-23-19(26-20)17-8-6-5-7-16(17)14-9-11-15(21)12-10-14/h5-13H,3-4H2,1-2H3,(H,22,24,25). The van der Waals surface area contributed by atoms with Crippen molar-refractivity contribution in [3.05, 3.63) is 54.3 Å². The monoisotopic (exact) mass is 369 g/mol. The number of carbonyl (C=O) groups is 1. The molecule has 1 aromatic heterocycles. The van der Waals surface area contributed by atoms with Gasteiger partial charge in [0, 0.05) is 11.5 Å². The van der Waals surface area contributed by atoms with Gasteiger partial charge in [-0.05, 0) is 36.1 Å². The van der Waals surface area contributed by atoms with Crippen molar-refractivity contribution in [1.82, 2.24) is 10.2 Å². The Bertz CT molecular complexity index is 888. The van der Waals surface area contributed by atoms with Gasteiger partial charge in [0.15, 0.2) is 0 Å². The molecule has 134 valence electrons. The lowest BCUT2D eigenvalue weighted by atomic mass is 10.0. The molecule has 0 unspecified atom stereocenters. The number of rotatable bonds is 6. The topological polar surface area (TPSA) is 54.9 Å². The van der Waals surface area contributed by atoms with Crippen LogP contribution < -0.4 is 5.32 Å². The number of anilines is 1. The minimum absolute atomic E-state index is 0.0196. The molecule has 0 radical (unpaired) electrons. The van der Waals surface area contributed by atoms with E-state index in [4.69, 9.17) is 0 Å². The van der Waals surface area contributed by atoms with Crippen molar-refractivity contribution in [1.29, 1.82) is 0 Å². The van der Waals surface area contributed by atoms with Gasteiger partial charge in [-0.1, -0.05) is 61.6 Å². The normalized spacial score (nSPS) is 10.9. The van der Waals surface area contributed by atoms with Crippen molar-refractivity contribution in [2.75, 3.05) is 5.32 Å². The van der Waals surface area contributed by atoms with Gasteiger partial charge in [-0.15, -0.1) is 10.2 Å². The lowest BCUT2D eigenvalue weighted by Gasteiger charge is -2.10. The Hall–Kier alpha value is -2.60. The molecule has 4 nitrogen and oxygen atoms in total. The van der Waals surface area contributed by atoms with Crippen molar-refractivity contribution in [2.45, 2.75) is 26.7 Å². The second-order valence-electron chi connectivity index (χ2n) is 5.97. The second-order valence-corrected chi connectivity index (χ2v) is 6.95. The molecule has 3 rings (SSSR count).